The molecule has 0 N–H and O–H groups in total. The van der Waals surface area contributed by atoms with Gasteiger partial charge in [-0.2, -0.15) is 0 Å². The van der Waals surface area contributed by atoms with Gasteiger partial charge in [0.2, 0.25) is 0 Å². The predicted molar refractivity (Wildman–Crippen MR) is 91.1 cm³/mol. The lowest BCUT2D eigenvalue weighted by atomic mass is 10.1. The average Bonchev–Trinajstić information content (AvgIpc) is 2.50. The fraction of sp³-hybridized carbons (Fsp3) is 0.167. The quantitative estimate of drug-likeness (QED) is 0.688. The van der Waals surface area contributed by atoms with Gasteiger partial charge in [0.05, 0.1) is 5.52 Å². The summed E-state index contributed by atoms with van der Waals surface area (Å²) < 4.78 is 1.12. The Labute approximate surface area is 133 Å². The van der Waals surface area contributed by atoms with E-state index >= 15 is 0 Å². The van der Waals surface area contributed by atoms with E-state index in [0.29, 0.717) is 0 Å². The van der Waals surface area contributed by atoms with Crippen LogP contribution < -0.4 is 0 Å². The lowest BCUT2D eigenvalue weighted by Crippen LogP contribution is -2.17. The highest BCUT2D eigenvalue weighted by molar-refractivity contribution is 9.10. The lowest BCUT2D eigenvalue weighted by Gasteiger charge is -2.17. The third-order valence-corrected chi connectivity index (χ3v) is 4.05. The minimum absolute atomic E-state index is 0.893. The molecule has 1 heterocycles. The van der Waals surface area contributed by atoms with Crippen LogP contribution in [-0.2, 0) is 13.1 Å². The van der Waals surface area contributed by atoms with Gasteiger partial charge in [0.25, 0.3) is 0 Å². The van der Waals surface area contributed by atoms with Crippen LogP contribution in [0, 0.1) is 0 Å². The third-order valence-electron chi connectivity index (χ3n) is 3.52. The minimum atomic E-state index is 0.893. The highest BCUT2D eigenvalue weighted by atomic mass is 79.9. The number of rotatable bonds is 4. The summed E-state index contributed by atoms with van der Waals surface area (Å²) in [6.07, 6.45) is 1.86. The van der Waals surface area contributed by atoms with Crippen molar-refractivity contribution in [2.24, 2.45) is 0 Å². The molecule has 21 heavy (non-hydrogen) atoms. The molecule has 106 valence electrons. The van der Waals surface area contributed by atoms with Crippen molar-refractivity contribution < 1.29 is 0 Å². The van der Waals surface area contributed by atoms with Crippen LogP contribution in [-0.4, -0.2) is 16.9 Å². The molecule has 3 aromatic rings. The minimum Gasteiger partial charge on any atom is -0.298 e. The van der Waals surface area contributed by atoms with Gasteiger partial charge in [-0.25, -0.2) is 0 Å². The Morgan fingerprint density at radius 2 is 1.71 bits per heavy atom. The van der Waals surface area contributed by atoms with E-state index in [-0.39, 0.29) is 0 Å². The van der Waals surface area contributed by atoms with E-state index in [1.165, 1.54) is 16.5 Å². The number of halogens is 1. The summed E-state index contributed by atoms with van der Waals surface area (Å²) in [7, 11) is 2.14. The normalized spacial score (nSPS) is 11.2. The van der Waals surface area contributed by atoms with E-state index in [9.17, 15) is 0 Å². The monoisotopic (exact) mass is 340 g/mol. The zero-order chi connectivity index (χ0) is 14.7. The van der Waals surface area contributed by atoms with Gasteiger partial charge in [0, 0.05) is 29.1 Å². The summed E-state index contributed by atoms with van der Waals surface area (Å²) in [6.45, 7) is 1.82. The summed E-state index contributed by atoms with van der Waals surface area (Å²) in [5.41, 5.74) is 3.68. The van der Waals surface area contributed by atoms with Gasteiger partial charge >= 0.3 is 0 Å². The van der Waals surface area contributed by atoms with E-state index < -0.39 is 0 Å². The zero-order valence-corrected chi connectivity index (χ0v) is 13.5. The fourth-order valence-corrected chi connectivity index (χ4v) is 2.81. The van der Waals surface area contributed by atoms with Crippen molar-refractivity contribution in [2.45, 2.75) is 13.1 Å². The Balaban J connectivity index is 1.77. The Hall–Kier alpha value is -1.71. The zero-order valence-electron chi connectivity index (χ0n) is 12.0. The Morgan fingerprint density at radius 3 is 2.52 bits per heavy atom. The summed E-state index contributed by atoms with van der Waals surface area (Å²) >= 11 is 3.47. The smallest absolute Gasteiger partial charge is 0.0746 e. The molecule has 0 saturated carbocycles. The van der Waals surface area contributed by atoms with Crippen LogP contribution >= 0.6 is 15.9 Å². The molecule has 3 heteroatoms. The SMILES string of the molecule is CN(Cc1ccc(Br)cc1)Cc1cccc2cccnc12. The van der Waals surface area contributed by atoms with Gasteiger partial charge in [-0.3, -0.25) is 9.88 Å². The van der Waals surface area contributed by atoms with Crippen molar-refractivity contribution in [3.8, 4) is 0 Å². The molecule has 0 atom stereocenters. The molecule has 0 aliphatic heterocycles. The topological polar surface area (TPSA) is 16.1 Å². The van der Waals surface area contributed by atoms with E-state index in [2.05, 4.69) is 81.4 Å². The van der Waals surface area contributed by atoms with Gasteiger partial charge < -0.3 is 0 Å². The Morgan fingerprint density at radius 1 is 0.952 bits per heavy atom. The van der Waals surface area contributed by atoms with Crippen molar-refractivity contribution in [1.29, 1.82) is 0 Å². The predicted octanol–water partition coefficient (Wildman–Crippen LogP) is 4.63. The van der Waals surface area contributed by atoms with E-state index in [4.69, 9.17) is 0 Å². The Bertz CT molecular complexity index is 732. The second-order valence-electron chi connectivity index (χ2n) is 5.29. The first-order valence-electron chi connectivity index (χ1n) is 6.98. The first-order valence-corrected chi connectivity index (χ1v) is 7.77. The van der Waals surface area contributed by atoms with Crippen molar-refractivity contribution in [3.05, 3.63) is 76.4 Å². The number of nitrogens with zero attached hydrogens (tertiary/aromatic N) is 2. The molecule has 0 fully saturated rings. The van der Waals surface area contributed by atoms with Crippen molar-refractivity contribution in [2.75, 3.05) is 7.05 Å². The molecule has 0 unspecified atom stereocenters. The molecule has 0 bridgehead atoms. The molecule has 0 saturated heterocycles. The maximum Gasteiger partial charge on any atom is 0.0746 e. The van der Waals surface area contributed by atoms with E-state index in [1.54, 1.807) is 0 Å². The van der Waals surface area contributed by atoms with E-state index in [0.717, 1.165) is 23.1 Å². The highest BCUT2D eigenvalue weighted by Crippen LogP contribution is 2.18. The van der Waals surface area contributed by atoms with E-state index in [1.807, 2.05) is 12.3 Å². The van der Waals surface area contributed by atoms with Gasteiger partial charge in [-0.15, -0.1) is 0 Å². The third kappa shape index (κ3) is 3.49. The van der Waals surface area contributed by atoms with Crippen molar-refractivity contribution in [1.82, 2.24) is 9.88 Å². The first-order chi connectivity index (χ1) is 10.2. The largest absolute Gasteiger partial charge is 0.298 e. The Kier molecular flexibility index (Phi) is 4.32. The number of aromatic nitrogens is 1. The van der Waals surface area contributed by atoms with Crippen LogP contribution in [0.15, 0.2) is 65.3 Å². The first kappa shape index (κ1) is 14.2. The molecule has 0 aliphatic carbocycles. The van der Waals surface area contributed by atoms with Crippen LogP contribution in [0.3, 0.4) is 0 Å². The number of para-hydroxylation sites is 1. The number of hydrogen-bond acceptors (Lipinski definition) is 2. The summed E-state index contributed by atoms with van der Waals surface area (Å²) in [5, 5.41) is 1.20. The maximum atomic E-state index is 4.52. The summed E-state index contributed by atoms with van der Waals surface area (Å²) in [4.78, 5) is 6.83. The van der Waals surface area contributed by atoms with Gasteiger partial charge in [0.15, 0.2) is 0 Å². The van der Waals surface area contributed by atoms with Crippen LogP contribution in [0.4, 0.5) is 0 Å². The second-order valence-corrected chi connectivity index (χ2v) is 6.21. The maximum absolute atomic E-state index is 4.52. The fourth-order valence-electron chi connectivity index (χ4n) is 2.54. The van der Waals surface area contributed by atoms with Crippen LogP contribution in [0.2, 0.25) is 0 Å². The molecular formula is C18H17BrN2. The molecule has 1 aromatic heterocycles. The molecule has 0 spiro atoms. The molecular weight excluding hydrogens is 324 g/mol. The molecule has 0 aliphatic rings. The highest BCUT2D eigenvalue weighted by Gasteiger charge is 2.06. The number of hydrogen-bond donors (Lipinski definition) is 0. The summed E-state index contributed by atoms with van der Waals surface area (Å²) in [6, 6.07) is 19.0. The van der Waals surface area contributed by atoms with Gasteiger partial charge in [0.1, 0.15) is 0 Å². The molecule has 2 aromatic carbocycles. The molecule has 0 radical (unpaired) electrons. The van der Waals surface area contributed by atoms with Crippen LogP contribution in [0.5, 0.6) is 0 Å². The standard InChI is InChI=1S/C18H17BrN2/c1-21(12-14-7-9-17(19)10-8-14)13-16-5-2-4-15-6-3-11-20-18(15)16/h2-11H,12-13H2,1H3. The average molecular weight is 341 g/mol. The molecule has 2 nitrogen and oxygen atoms in total. The van der Waals surface area contributed by atoms with Crippen molar-refractivity contribution >= 4 is 26.8 Å². The van der Waals surface area contributed by atoms with Crippen molar-refractivity contribution in [3.63, 3.8) is 0 Å². The molecule has 3 rings (SSSR count). The molecule has 0 amide bonds. The summed E-state index contributed by atoms with van der Waals surface area (Å²) in [5.74, 6) is 0. The van der Waals surface area contributed by atoms with Crippen LogP contribution in [0.1, 0.15) is 11.1 Å². The second kappa shape index (κ2) is 6.37. The van der Waals surface area contributed by atoms with Gasteiger partial charge in [-0.05, 0) is 36.4 Å². The van der Waals surface area contributed by atoms with Gasteiger partial charge in [-0.1, -0.05) is 52.3 Å². The number of pyridine rings is 1. The number of fused-ring (bicyclic) bond motifs is 1. The number of benzene rings is 2. The van der Waals surface area contributed by atoms with Crippen LogP contribution in [0.25, 0.3) is 10.9 Å². The lowest BCUT2D eigenvalue weighted by molar-refractivity contribution is 0.320.